The maximum absolute atomic E-state index is 12.8. The van der Waals surface area contributed by atoms with E-state index in [1.165, 1.54) is 21.9 Å². The van der Waals surface area contributed by atoms with Crippen LogP contribution in [0, 0.1) is 6.92 Å². The summed E-state index contributed by atoms with van der Waals surface area (Å²) in [6.45, 7) is 5.95. The summed E-state index contributed by atoms with van der Waals surface area (Å²) in [6, 6.07) is 19.2. The number of benzene rings is 2. The molecule has 1 fully saturated rings. The molecule has 6 nitrogen and oxygen atoms in total. The molecule has 1 amide bonds. The fourth-order valence-electron chi connectivity index (χ4n) is 3.62. The van der Waals surface area contributed by atoms with Crippen LogP contribution in [0.3, 0.4) is 0 Å². The minimum atomic E-state index is -0.229. The molecule has 0 spiro atoms. The van der Waals surface area contributed by atoms with Gasteiger partial charge >= 0.3 is 0 Å². The van der Waals surface area contributed by atoms with Crippen molar-refractivity contribution in [2.45, 2.75) is 13.5 Å². The SMILES string of the molecule is Cc1cccc(CN2CCN(C(=O)c3cc(=O)n(-c4ccccc4)[nH]3)CC2)c1. The van der Waals surface area contributed by atoms with E-state index in [2.05, 4.69) is 41.2 Å². The third kappa shape index (κ3) is 3.92. The second kappa shape index (κ2) is 7.86. The Morgan fingerprint density at radius 3 is 2.43 bits per heavy atom. The zero-order valence-electron chi connectivity index (χ0n) is 16.0. The molecule has 4 rings (SSSR count). The summed E-state index contributed by atoms with van der Waals surface area (Å²) in [6.07, 6.45) is 0. The summed E-state index contributed by atoms with van der Waals surface area (Å²) >= 11 is 0. The Kier molecular flexibility index (Phi) is 5.12. The summed E-state index contributed by atoms with van der Waals surface area (Å²) < 4.78 is 1.40. The first-order valence-electron chi connectivity index (χ1n) is 9.55. The lowest BCUT2D eigenvalue weighted by Crippen LogP contribution is -2.48. The normalized spacial score (nSPS) is 15.0. The molecule has 2 aromatic carbocycles. The first-order valence-corrected chi connectivity index (χ1v) is 9.55. The van der Waals surface area contributed by atoms with Gasteiger partial charge < -0.3 is 4.90 Å². The largest absolute Gasteiger partial charge is 0.335 e. The third-order valence-electron chi connectivity index (χ3n) is 5.11. The maximum atomic E-state index is 12.8. The molecular formula is C22H24N4O2. The van der Waals surface area contributed by atoms with Crippen molar-refractivity contribution >= 4 is 5.91 Å². The molecular weight excluding hydrogens is 352 g/mol. The summed E-state index contributed by atoms with van der Waals surface area (Å²) in [7, 11) is 0. The number of carbonyl (C=O) groups excluding carboxylic acids is 1. The van der Waals surface area contributed by atoms with Crippen molar-refractivity contribution in [3.8, 4) is 5.69 Å². The predicted molar refractivity (Wildman–Crippen MR) is 109 cm³/mol. The van der Waals surface area contributed by atoms with Crippen LogP contribution in [-0.4, -0.2) is 51.7 Å². The topological polar surface area (TPSA) is 61.3 Å². The lowest BCUT2D eigenvalue weighted by molar-refractivity contribution is 0.0622. The molecule has 6 heteroatoms. The zero-order valence-corrected chi connectivity index (χ0v) is 16.0. The summed E-state index contributed by atoms with van der Waals surface area (Å²) in [5, 5.41) is 2.95. The van der Waals surface area contributed by atoms with Gasteiger partial charge in [-0.3, -0.25) is 19.6 Å². The number of nitrogens with zero attached hydrogens (tertiary/aromatic N) is 3. The van der Waals surface area contributed by atoms with Crippen LogP contribution in [0.15, 0.2) is 65.5 Å². The number of nitrogens with one attached hydrogen (secondary N) is 1. The maximum Gasteiger partial charge on any atom is 0.272 e. The van der Waals surface area contributed by atoms with E-state index in [0.717, 1.165) is 25.3 Å². The van der Waals surface area contributed by atoms with Gasteiger partial charge in [0, 0.05) is 38.8 Å². The van der Waals surface area contributed by atoms with Gasteiger partial charge in [-0.1, -0.05) is 48.0 Å². The number of amides is 1. The molecule has 0 atom stereocenters. The molecule has 0 unspecified atom stereocenters. The standard InChI is InChI=1S/C22H24N4O2/c1-17-6-5-7-18(14-17)16-24-10-12-25(13-11-24)22(28)20-15-21(27)26(23-20)19-8-3-2-4-9-19/h2-9,14-15,23H,10-13,16H2,1H3. The van der Waals surface area contributed by atoms with Gasteiger partial charge in [-0.25, -0.2) is 4.68 Å². The Bertz CT molecular complexity index is 1010. The smallest absolute Gasteiger partial charge is 0.272 e. The average molecular weight is 376 g/mol. The Labute approximate surface area is 164 Å². The van der Waals surface area contributed by atoms with Gasteiger partial charge in [0.1, 0.15) is 5.69 Å². The average Bonchev–Trinajstić information content (AvgIpc) is 3.10. The monoisotopic (exact) mass is 376 g/mol. The van der Waals surface area contributed by atoms with Crippen molar-refractivity contribution in [1.82, 2.24) is 19.6 Å². The zero-order chi connectivity index (χ0) is 19.5. The van der Waals surface area contributed by atoms with E-state index < -0.39 is 0 Å². The molecule has 1 aliphatic rings. The summed E-state index contributed by atoms with van der Waals surface area (Å²) in [5.41, 5.74) is 3.38. The van der Waals surface area contributed by atoms with Gasteiger partial charge in [0.15, 0.2) is 0 Å². The van der Waals surface area contributed by atoms with Crippen molar-refractivity contribution < 1.29 is 4.79 Å². The number of piperazine rings is 1. The summed E-state index contributed by atoms with van der Waals surface area (Å²) in [5.74, 6) is -0.123. The van der Waals surface area contributed by atoms with Crippen LogP contribution in [-0.2, 0) is 6.54 Å². The van der Waals surface area contributed by atoms with E-state index in [0.29, 0.717) is 18.8 Å². The van der Waals surface area contributed by atoms with Gasteiger partial charge in [-0.15, -0.1) is 0 Å². The molecule has 0 aliphatic carbocycles. The van der Waals surface area contributed by atoms with Gasteiger partial charge in [-0.05, 0) is 24.6 Å². The number of aromatic amines is 1. The third-order valence-corrected chi connectivity index (χ3v) is 5.11. The summed E-state index contributed by atoms with van der Waals surface area (Å²) in [4.78, 5) is 29.3. The molecule has 0 radical (unpaired) electrons. The Morgan fingerprint density at radius 2 is 1.71 bits per heavy atom. The molecule has 0 bridgehead atoms. The lowest BCUT2D eigenvalue weighted by atomic mass is 10.1. The number of carbonyl (C=O) groups is 1. The number of rotatable bonds is 4. The number of hydrogen-bond acceptors (Lipinski definition) is 3. The number of aromatic nitrogens is 2. The van der Waals surface area contributed by atoms with Crippen molar-refractivity contribution in [2.24, 2.45) is 0 Å². The number of para-hydroxylation sites is 1. The molecule has 2 heterocycles. The molecule has 1 aliphatic heterocycles. The van der Waals surface area contributed by atoms with Crippen molar-refractivity contribution in [2.75, 3.05) is 26.2 Å². The van der Waals surface area contributed by atoms with E-state index in [-0.39, 0.29) is 11.5 Å². The molecule has 1 N–H and O–H groups in total. The predicted octanol–water partition coefficient (Wildman–Crippen LogP) is 2.43. The van der Waals surface area contributed by atoms with Crippen molar-refractivity contribution in [3.05, 3.63) is 87.8 Å². The van der Waals surface area contributed by atoms with Crippen molar-refractivity contribution in [1.29, 1.82) is 0 Å². The highest BCUT2D eigenvalue weighted by atomic mass is 16.2. The van der Waals surface area contributed by atoms with Gasteiger partial charge in [0.25, 0.3) is 11.5 Å². The van der Waals surface area contributed by atoms with E-state index in [4.69, 9.17) is 0 Å². The minimum Gasteiger partial charge on any atom is -0.335 e. The highest BCUT2D eigenvalue weighted by Crippen LogP contribution is 2.12. The minimum absolute atomic E-state index is 0.123. The molecule has 3 aromatic rings. The van der Waals surface area contributed by atoms with Gasteiger partial charge in [-0.2, -0.15) is 0 Å². The van der Waals surface area contributed by atoms with Crippen molar-refractivity contribution in [3.63, 3.8) is 0 Å². The van der Waals surface area contributed by atoms with Crippen LogP contribution in [0.25, 0.3) is 5.69 Å². The van der Waals surface area contributed by atoms with Crippen LogP contribution >= 0.6 is 0 Å². The highest BCUT2D eigenvalue weighted by molar-refractivity contribution is 5.92. The lowest BCUT2D eigenvalue weighted by Gasteiger charge is -2.34. The second-order valence-electron chi connectivity index (χ2n) is 7.24. The number of aryl methyl sites for hydroxylation is 1. The number of hydrogen-bond donors (Lipinski definition) is 1. The van der Waals surface area contributed by atoms with Gasteiger partial charge in [0.2, 0.25) is 0 Å². The van der Waals surface area contributed by atoms with E-state index in [9.17, 15) is 9.59 Å². The van der Waals surface area contributed by atoms with Crippen LogP contribution in [0.2, 0.25) is 0 Å². The van der Waals surface area contributed by atoms with Crippen LogP contribution in [0.5, 0.6) is 0 Å². The van der Waals surface area contributed by atoms with Crippen LogP contribution < -0.4 is 5.56 Å². The number of H-pyrrole nitrogens is 1. The fraction of sp³-hybridized carbons (Fsp3) is 0.273. The van der Waals surface area contributed by atoms with E-state index >= 15 is 0 Å². The quantitative estimate of drug-likeness (QED) is 0.761. The Morgan fingerprint density at radius 1 is 0.964 bits per heavy atom. The molecule has 144 valence electrons. The Hall–Kier alpha value is -3.12. The first kappa shape index (κ1) is 18.3. The molecule has 1 saturated heterocycles. The van der Waals surface area contributed by atoms with E-state index in [1.54, 1.807) is 0 Å². The highest BCUT2D eigenvalue weighted by Gasteiger charge is 2.24. The molecule has 0 saturated carbocycles. The van der Waals surface area contributed by atoms with E-state index in [1.807, 2.05) is 35.2 Å². The van der Waals surface area contributed by atoms with Crippen LogP contribution in [0.1, 0.15) is 21.6 Å². The molecule has 1 aromatic heterocycles. The first-order chi connectivity index (χ1) is 13.6. The van der Waals surface area contributed by atoms with Gasteiger partial charge in [0.05, 0.1) is 5.69 Å². The second-order valence-corrected chi connectivity index (χ2v) is 7.24. The Balaban J connectivity index is 1.40. The van der Waals surface area contributed by atoms with Crippen LogP contribution in [0.4, 0.5) is 0 Å². The fourth-order valence-corrected chi connectivity index (χ4v) is 3.62. The molecule has 28 heavy (non-hydrogen) atoms.